The Morgan fingerprint density at radius 1 is 0.500 bits per heavy atom. The van der Waals surface area contributed by atoms with Crippen molar-refractivity contribution in [1.82, 2.24) is 8.97 Å². The van der Waals surface area contributed by atoms with Crippen molar-refractivity contribution in [3.8, 4) is 5.69 Å². The molecule has 0 saturated heterocycles. The van der Waals surface area contributed by atoms with E-state index in [1.807, 2.05) is 0 Å². The van der Waals surface area contributed by atoms with Gasteiger partial charge in [0.25, 0.3) is 0 Å². The van der Waals surface area contributed by atoms with E-state index >= 15 is 0 Å². The van der Waals surface area contributed by atoms with Gasteiger partial charge in [0.2, 0.25) is 0 Å². The maximum Gasteiger partial charge on any atom is 0.0622 e. The van der Waals surface area contributed by atoms with E-state index in [0.717, 1.165) is 12.8 Å². The topological polar surface area (TPSA) is 9.34 Å². The summed E-state index contributed by atoms with van der Waals surface area (Å²) >= 11 is 0. The Morgan fingerprint density at radius 3 is 1.73 bits per heavy atom. The Kier molecular flexibility index (Phi) is 3.81. The summed E-state index contributed by atoms with van der Waals surface area (Å²) in [4.78, 5) is 0. The van der Waals surface area contributed by atoms with Crippen LogP contribution in [-0.4, -0.2) is 8.97 Å². The molecule has 0 radical (unpaired) electrons. The van der Waals surface area contributed by atoms with E-state index in [9.17, 15) is 0 Å². The minimum atomic E-state index is 1.09. The molecule has 3 aromatic heterocycles. The van der Waals surface area contributed by atoms with Gasteiger partial charge in [-0.25, -0.2) is 0 Å². The van der Waals surface area contributed by atoms with Gasteiger partial charge in [-0.05, 0) is 88.5 Å². The second-order valence-electron chi connectivity index (χ2n) is 11.3. The summed E-state index contributed by atoms with van der Waals surface area (Å²) in [5.41, 5.74) is 9.19. The number of nitrogens with zero attached hydrogens (tertiary/aromatic N) is 2. The van der Waals surface area contributed by atoms with Gasteiger partial charge in [-0.15, -0.1) is 0 Å². The Bertz CT molecular complexity index is 2410. The highest BCUT2D eigenvalue weighted by atomic mass is 15.0. The zero-order valence-corrected chi connectivity index (χ0v) is 21.9. The Morgan fingerprint density at radius 2 is 1.07 bits per heavy atom. The van der Waals surface area contributed by atoms with Gasteiger partial charge in [0.05, 0.1) is 22.1 Å². The second kappa shape index (κ2) is 7.31. The normalized spacial score (nSPS) is 13.7. The van der Waals surface area contributed by atoms with Crippen molar-refractivity contribution in [3.05, 3.63) is 127 Å². The number of aromatic nitrogens is 2. The van der Waals surface area contributed by atoms with Crippen molar-refractivity contribution in [1.29, 1.82) is 0 Å². The van der Waals surface area contributed by atoms with Crippen LogP contribution in [0.4, 0.5) is 0 Å². The van der Waals surface area contributed by atoms with Crippen LogP contribution >= 0.6 is 0 Å². The number of rotatable bonds is 1. The summed E-state index contributed by atoms with van der Waals surface area (Å²) in [5, 5.41) is 11.8. The molecule has 0 amide bonds. The second-order valence-corrected chi connectivity index (χ2v) is 11.3. The lowest BCUT2D eigenvalue weighted by atomic mass is 10.0. The highest BCUT2D eigenvalue weighted by molar-refractivity contribution is 6.26. The number of hydrogen-bond acceptors (Lipinski definition) is 0. The molecule has 0 N–H and O–H groups in total. The van der Waals surface area contributed by atoms with Crippen LogP contribution in [0.2, 0.25) is 0 Å². The predicted octanol–water partition coefficient (Wildman–Crippen LogP) is 10.0. The van der Waals surface area contributed by atoms with E-state index < -0.39 is 0 Å². The number of fused-ring (bicyclic) bond motifs is 11. The average molecular weight is 509 g/mol. The van der Waals surface area contributed by atoms with E-state index in [2.05, 4.69) is 130 Å². The molecule has 2 nitrogen and oxygen atoms in total. The number of para-hydroxylation sites is 1. The molecule has 186 valence electrons. The molecule has 1 aliphatic rings. The maximum absolute atomic E-state index is 2.52. The van der Waals surface area contributed by atoms with Gasteiger partial charge in [0.1, 0.15) is 0 Å². The lowest BCUT2D eigenvalue weighted by Gasteiger charge is -2.13. The molecule has 2 heteroatoms. The Hall–Kier alpha value is -5.08. The minimum Gasteiger partial charge on any atom is -0.310 e. The van der Waals surface area contributed by atoms with Gasteiger partial charge in [0, 0.05) is 38.3 Å². The summed E-state index contributed by atoms with van der Waals surface area (Å²) in [6, 6.07) is 40.8. The first kappa shape index (κ1) is 20.8. The first-order chi connectivity index (χ1) is 19.8. The van der Waals surface area contributed by atoms with Gasteiger partial charge < -0.3 is 8.97 Å². The fourth-order valence-electron chi connectivity index (χ4n) is 7.49. The van der Waals surface area contributed by atoms with E-state index in [1.54, 1.807) is 0 Å². The van der Waals surface area contributed by atoms with Crippen LogP contribution in [0.5, 0.6) is 0 Å². The van der Waals surface area contributed by atoms with Crippen molar-refractivity contribution < 1.29 is 0 Å². The average Bonchev–Trinajstić information content (AvgIpc) is 3.63. The third-order valence-corrected chi connectivity index (χ3v) is 9.22. The van der Waals surface area contributed by atoms with Crippen molar-refractivity contribution in [3.63, 3.8) is 0 Å². The zero-order chi connectivity index (χ0) is 25.9. The number of benzene rings is 6. The molecular formula is C38H24N2. The van der Waals surface area contributed by atoms with Crippen LogP contribution in [0.3, 0.4) is 0 Å². The van der Waals surface area contributed by atoms with E-state index in [4.69, 9.17) is 0 Å². The summed E-state index contributed by atoms with van der Waals surface area (Å²) < 4.78 is 5.01. The molecule has 10 rings (SSSR count). The fourth-order valence-corrected chi connectivity index (χ4v) is 7.49. The lowest BCUT2D eigenvalue weighted by Crippen LogP contribution is -2.00. The molecular weight excluding hydrogens is 484 g/mol. The summed E-state index contributed by atoms with van der Waals surface area (Å²) in [5.74, 6) is 0. The Balaban J connectivity index is 1.44. The lowest BCUT2D eigenvalue weighted by molar-refractivity contribution is 0.968. The monoisotopic (exact) mass is 508 g/mol. The molecule has 0 bridgehead atoms. The molecule has 0 aliphatic heterocycles. The first-order valence-electron chi connectivity index (χ1n) is 14.2. The maximum atomic E-state index is 2.52. The molecule has 40 heavy (non-hydrogen) atoms. The summed E-state index contributed by atoms with van der Waals surface area (Å²) in [6.45, 7) is 0. The molecule has 0 unspecified atom stereocenters. The predicted molar refractivity (Wildman–Crippen MR) is 170 cm³/mol. The van der Waals surface area contributed by atoms with Crippen LogP contribution in [0.25, 0.3) is 82.3 Å². The molecule has 1 aliphatic carbocycles. The SMILES string of the molecule is C1=Cc2c(c3ccccc3n2-c2cc3c4cc5ccccc5cc4n4c5cc6ccccc6cc5c(c2)c34)CC1. The Labute approximate surface area is 230 Å². The molecule has 0 fully saturated rings. The first-order valence-corrected chi connectivity index (χ1v) is 14.2. The van der Waals surface area contributed by atoms with E-state index in [-0.39, 0.29) is 0 Å². The molecule has 9 aromatic rings. The number of allylic oxidation sites excluding steroid dienone is 1. The third kappa shape index (κ3) is 2.54. The largest absolute Gasteiger partial charge is 0.310 e. The van der Waals surface area contributed by atoms with Gasteiger partial charge in [0.15, 0.2) is 0 Å². The van der Waals surface area contributed by atoms with Crippen LogP contribution in [0.1, 0.15) is 17.7 Å². The van der Waals surface area contributed by atoms with Gasteiger partial charge >= 0.3 is 0 Å². The molecule has 3 heterocycles. The number of aryl methyl sites for hydroxylation is 1. The van der Waals surface area contributed by atoms with Gasteiger partial charge in [-0.2, -0.15) is 0 Å². The van der Waals surface area contributed by atoms with E-state index in [1.165, 1.54) is 87.5 Å². The molecule has 0 spiro atoms. The van der Waals surface area contributed by atoms with E-state index in [0.29, 0.717) is 0 Å². The standard InChI is InChI=1S/C38H24N2/c1-3-11-25-19-36-30(17-23(25)9-1)32-21-27(39-34-15-7-5-13-28(34)29-14-6-8-16-35(29)39)22-33-31-18-24-10-2-4-12-26(24)20-37(31)40(36)38(32)33/h1-5,7-13,15-22H,6,14H2. The van der Waals surface area contributed by atoms with Gasteiger partial charge in [-0.3, -0.25) is 0 Å². The van der Waals surface area contributed by atoms with Crippen LogP contribution < -0.4 is 0 Å². The minimum absolute atomic E-state index is 1.09. The highest BCUT2D eigenvalue weighted by Gasteiger charge is 2.23. The molecule has 0 atom stereocenters. The zero-order valence-electron chi connectivity index (χ0n) is 21.9. The van der Waals surface area contributed by atoms with Crippen molar-refractivity contribution in [2.75, 3.05) is 0 Å². The quantitative estimate of drug-likeness (QED) is 0.209. The van der Waals surface area contributed by atoms with Crippen LogP contribution in [-0.2, 0) is 6.42 Å². The van der Waals surface area contributed by atoms with Crippen molar-refractivity contribution in [2.24, 2.45) is 0 Å². The van der Waals surface area contributed by atoms with Crippen molar-refractivity contribution >= 4 is 76.6 Å². The van der Waals surface area contributed by atoms with Crippen LogP contribution in [0, 0.1) is 0 Å². The fraction of sp³-hybridized carbons (Fsp3) is 0.0526. The third-order valence-electron chi connectivity index (χ3n) is 9.22. The highest BCUT2D eigenvalue weighted by Crippen LogP contribution is 2.44. The molecule has 0 saturated carbocycles. The van der Waals surface area contributed by atoms with Crippen LogP contribution in [0.15, 0.2) is 115 Å². The summed E-state index contributed by atoms with van der Waals surface area (Å²) in [6.07, 6.45) is 6.86. The number of hydrogen-bond donors (Lipinski definition) is 0. The van der Waals surface area contributed by atoms with Crippen molar-refractivity contribution in [2.45, 2.75) is 12.8 Å². The molecule has 6 aromatic carbocycles. The van der Waals surface area contributed by atoms with Gasteiger partial charge in [-0.1, -0.05) is 72.8 Å². The smallest absolute Gasteiger partial charge is 0.0622 e. The summed E-state index contributed by atoms with van der Waals surface area (Å²) in [7, 11) is 0.